The van der Waals surface area contributed by atoms with E-state index in [0.29, 0.717) is 13.1 Å². The molecule has 1 aliphatic heterocycles. The van der Waals surface area contributed by atoms with Crippen molar-refractivity contribution in [3.05, 3.63) is 113 Å². The fraction of sp³-hybridized carbons (Fsp3) is 0.235. The highest BCUT2D eigenvalue weighted by Crippen LogP contribution is 2.36. The third kappa shape index (κ3) is 6.05. The maximum absolute atomic E-state index is 13.7. The molecular formula is C34H35F2N5S. The number of aryl methyl sites for hydroxylation is 1. The van der Waals surface area contributed by atoms with Crippen LogP contribution in [0.1, 0.15) is 47.0 Å². The predicted octanol–water partition coefficient (Wildman–Crippen LogP) is 8.83. The van der Waals surface area contributed by atoms with Crippen molar-refractivity contribution in [2.75, 3.05) is 19.6 Å². The normalized spacial score (nSPS) is 16.4. The van der Waals surface area contributed by atoms with E-state index in [4.69, 9.17) is 4.98 Å². The highest BCUT2D eigenvalue weighted by Gasteiger charge is 2.38. The SMILES string of the molecule is C=C/C=C(/c1ccc(C(=C)C)s1)c1cc(-c2n[nH]c3ccc(C(/C=C(\C=C)CN4CCC(F)(F)C4)=C/C)nc23)[nH]c1C. The van der Waals surface area contributed by atoms with Crippen LogP contribution in [0, 0.1) is 6.92 Å². The minimum absolute atomic E-state index is 0.108. The standard InChI is InChI=1S/C34H35F2N5S/c1-7-10-25(31-14-13-30(42-31)21(4)5)26-18-29(37-22(26)6)33-32-28(39-40-33)12-11-27(38-32)24(9-3)17-23(8-2)19-41-16-15-34(35,36)20-41/h7-14,17-18,37H,1-2,4,15-16,19-20H2,3,5-6H3,(H,39,40)/b23-17+,24-9+,25-10+. The van der Waals surface area contributed by atoms with E-state index in [1.807, 2.05) is 51.1 Å². The molecule has 5 nitrogen and oxygen atoms in total. The quantitative estimate of drug-likeness (QED) is 0.183. The molecule has 0 amide bonds. The Balaban J connectivity index is 1.48. The van der Waals surface area contributed by atoms with Crippen LogP contribution in [0.15, 0.2) is 86.0 Å². The summed E-state index contributed by atoms with van der Waals surface area (Å²) in [4.78, 5) is 12.6. The summed E-state index contributed by atoms with van der Waals surface area (Å²) < 4.78 is 27.5. The molecule has 0 radical (unpaired) electrons. The van der Waals surface area contributed by atoms with Gasteiger partial charge in [-0.15, -0.1) is 11.3 Å². The molecular weight excluding hydrogens is 548 g/mol. The van der Waals surface area contributed by atoms with Gasteiger partial charge in [0.25, 0.3) is 5.92 Å². The summed E-state index contributed by atoms with van der Waals surface area (Å²) in [6, 6.07) is 10.2. The van der Waals surface area contributed by atoms with E-state index in [-0.39, 0.29) is 13.0 Å². The lowest BCUT2D eigenvalue weighted by atomic mass is 10.0. The Bertz CT molecular complexity index is 1760. The number of rotatable bonds is 10. The van der Waals surface area contributed by atoms with Crippen LogP contribution in [-0.4, -0.2) is 50.6 Å². The molecule has 0 atom stereocenters. The molecule has 1 saturated heterocycles. The second-order valence-electron chi connectivity index (χ2n) is 10.6. The number of hydrogen-bond donors (Lipinski definition) is 2. The zero-order valence-electron chi connectivity index (χ0n) is 24.2. The van der Waals surface area contributed by atoms with Gasteiger partial charge in [-0.3, -0.25) is 10.00 Å². The average Bonchev–Trinajstić information content (AvgIpc) is 3.75. The summed E-state index contributed by atoms with van der Waals surface area (Å²) in [5, 5.41) is 7.72. The molecule has 1 aliphatic rings. The molecule has 0 saturated carbocycles. The van der Waals surface area contributed by atoms with Gasteiger partial charge in [0.05, 0.1) is 23.4 Å². The lowest BCUT2D eigenvalue weighted by Gasteiger charge is -2.16. The van der Waals surface area contributed by atoms with Crippen LogP contribution < -0.4 is 0 Å². The number of halogens is 2. The van der Waals surface area contributed by atoms with E-state index in [1.54, 1.807) is 28.4 Å². The summed E-state index contributed by atoms with van der Waals surface area (Å²) >= 11 is 1.70. The van der Waals surface area contributed by atoms with Crippen molar-refractivity contribution in [1.29, 1.82) is 0 Å². The van der Waals surface area contributed by atoms with Gasteiger partial charge in [0.2, 0.25) is 0 Å². The minimum Gasteiger partial charge on any atom is -0.357 e. The van der Waals surface area contributed by atoms with Crippen molar-refractivity contribution in [1.82, 2.24) is 25.1 Å². The molecule has 0 spiro atoms. The number of fused-ring (bicyclic) bond motifs is 1. The molecule has 1 fully saturated rings. The number of alkyl halides is 2. The highest BCUT2D eigenvalue weighted by atomic mass is 32.1. The Morgan fingerprint density at radius 1 is 1.19 bits per heavy atom. The van der Waals surface area contributed by atoms with Crippen LogP contribution in [-0.2, 0) is 0 Å². The van der Waals surface area contributed by atoms with Crippen LogP contribution in [0.4, 0.5) is 8.78 Å². The number of nitrogens with one attached hydrogen (secondary N) is 2. The van der Waals surface area contributed by atoms with E-state index >= 15 is 0 Å². The molecule has 5 rings (SSSR count). The van der Waals surface area contributed by atoms with Gasteiger partial charge in [0.1, 0.15) is 11.2 Å². The number of aromatic amines is 2. The van der Waals surface area contributed by atoms with Gasteiger partial charge in [0.15, 0.2) is 0 Å². The van der Waals surface area contributed by atoms with Crippen molar-refractivity contribution in [2.24, 2.45) is 0 Å². The number of aromatic nitrogens is 4. The maximum Gasteiger partial charge on any atom is 0.261 e. The van der Waals surface area contributed by atoms with Crippen LogP contribution in [0.5, 0.6) is 0 Å². The number of thiophene rings is 1. The Morgan fingerprint density at radius 2 is 1.98 bits per heavy atom. The monoisotopic (exact) mass is 583 g/mol. The van der Waals surface area contributed by atoms with Gasteiger partial charge in [-0.2, -0.15) is 5.10 Å². The first-order chi connectivity index (χ1) is 20.1. The van der Waals surface area contributed by atoms with Crippen LogP contribution in [0.2, 0.25) is 0 Å². The van der Waals surface area contributed by atoms with E-state index in [0.717, 1.165) is 71.4 Å². The first-order valence-electron chi connectivity index (χ1n) is 13.9. The fourth-order valence-electron chi connectivity index (χ4n) is 5.22. The molecule has 216 valence electrons. The number of H-pyrrole nitrogens is 2. The van der Waals surface area contributed by atoms with Gasteiger partial charge < -0.3 is 4.98 Å². The first kappa shape index (κ1) is 29.4. The summed E-state index contributed by atoms with van der Waals surface area (Å²) in [6.07, 6.45) is 9.39. The van der Waals surface area contributed by atoms with Crippen molar-refractivity contribution < 1.29 is 8.78 Å². The van der Waals surface area contributed by atoms with Crippen molar-refractivity contribution in [3.8, 4) is 11.4 Å². The van der Waals surface area contributed by atoms with E-state index < -0.39 is 5.92 Å². The van der Waals surface area contributed by atoms with E-state index in [1.165, 1.54) is 0 Å². The molecule has 2 N–H and O–H groups in total. The molecule has 0 unspecified atom stereocenters. The predicted molar refractivity (Wildman–Crippen MR) is 173 cm³/mol. The number of hydrogen-bond acceptors (Lipinski definition) is 4. The van der Waals surface area contributed by atoms with Crippen molar-refractivity contribution in [2.45, 2.75) is 33.1 Å². The number of allylic oxidation sites excluding steroid dienone is 6. The largest absolute Gasteiger partial charge is 0.357 e. The van der Waals surface area contributed by atoms with E-state index in [2.05, 4.69) is 53.1 Å². The van der Waals surface area contributed by atoms with Gasteiger partial charge in [0, 0.05) is 46.1 Å². The van der Waals surface area contributed by atoms with Crippen LogP contribution >= 0.6 is 11.3 Å². The fourth-order valence-corrected chi connectivity index (χ4v) is 6.19. The lowest BCUT2D eigenvalue weighted by molar-refractivity contribution is 0.0131. The number of pyridine rings is 1. The highest BCUT2D eigenvalue weighted by molar-refractivity contribution is 7.14. The maximum atomic E-state index is 13.7. The van der Waals surface area contributed by atoms with Crippen LogP contribution in [0.3, 0.4) is 0 Å². The molecule has 0 aliphatic carbocycles. The Labute approximate surface area is 249 Å². The summed E-state index contributed by atoms with van der Waals surface area (Å²) in [5.41, 5.74) is 9.82. The Morgan fingerprint density at radius 3 is 2.62 bits per heavy atom. The van der Waals surface area contributed by atoms with Gasteiger partial charge in [-0.25, -0.2) is 13.8 Å². The first-order valence-corrected chi connectivity index (χ1v) is 14.7. The molecule has 0 bridgehead atoms. The lowest BCUT2D eigenvalue weighted by Crippen LogP contribution is -2.26. The van der Waals surface area contributed by atoms with Crippen LogP contribution in [0.25, 0.3) is 39.1 Å². The zero-order chi connectivity index (χ0) is 30.0. The molecule has 4 aromatic rings. The Hall–Kier alpha value is -4.14. The van der Waals surface area contributed by atoms with Gasteiger partial charge in [-0.1, -0.05) is 44.0 Å². The third-order valence-corrected chi connectivity index (χ3v) is 8.69. The van der Waals surface area contributed by atoms with Gasteiger partial charge in [-0.05, 0) is 73.9 Å². The second-order valence-corrected chi connectivity index (χ2v) is 11.7. The molecule has 0 aromatic carbocycles. The van der Waals surface area contributed by atoms with Crippen molar-refractivity contribution in [3.63, 3.8) is 0 Å². The smallest absolute Gasteiger partial charge is 0.261 e. The third-order valence-electron chi connectivity index (χ3n) is 7.41. The average molecular weight is 584 g/mol. The molecule has 5 heterocycles. The second kappa shape index (κ2) is 12.0. The molecule has 8 heteroatoms. The van der Waals surface area contributed by atoms with E-state index in [9.17, 15) is 8.78 Å². The number of nitrogens with zero attached hydrogens (tertiary/aromatic N) is 3. The Kier molecular flexibility index (Phi) is 8.38. The topological polar surface area (TPSA) is 60.6 Å². The van der Waals surface area contributed by atoms with Gasteiger partial charge >= 0.3 is 0 Å². The number of likely N-dealkylation sites (tertiary alicyclic amines) is 1. The molecule has 4 aromatic heterocycles. The summed E-state index contributed by atoms with van der Waals surface area (Å²) in [6.45, 7) is 18.5. The molecule has 42 heavy (non-hydrogen) atoms. The van der Waals surface area contributed by atoms with Crippen molar-refractivity contribution >= 4 is 39.1 Å². The zero-order valence-corrected chi connectivity index (χ0v) is 25.0. The summed E-state index contributed by atoms with van der Waals surface area (Å²) in [7, 11) is 0. The summed E-state index contributed by atoms with van der Waals surface area (Å²) in [5.74, 6) is -2.63. The minimum atomic E-state index is -2.63.